The second kappa shape index (κ2) is 10.9. The van der Waals surface area contributed by atoms with Gasteiger partial charge in [-0.3, -0.25) is 10.0 Å². The summed E-state index contributed by atoms with van der Waals surface area (Å²) < 4.78 is 5.51. The molecule has 0 heterocycles. The number of phenolic OH excluding ortho intramolecular Hbond substituents is 1. The van der Waals surface area contributed by atoms with Gasteiger partial charge in [-0.05, 0) is 24.6 Å². The van der Waals surface area contributed by atoms with Gasteiger partial charge in [0.15, 0.2) is 11.5 Å². The van der Waals surface area contributed by atoms with Gasteiger partial charge in [-0.1, -0.05) is 51.9 Å². The van der Waals surface area contributed by atoms with Crippen molar-refractivity contribution in [3.8, 4) is 11.5 Å². The van der Waals surface area contributed by atoms with Crippen molar-refractivity contribution in [3.05, 3.63) is 23.8 Å². The summed E-state index contributed by atoms with van der Waals surface area (Å²) in [6, 6.07) is 4.23. The molecule has 1 aromatic carbocycles. The maximum atomic E-state index is 11.3. The first-order valence-corrected chi connectivity index (χ1v) is 8.09. The standard InChI is InChI=1S/C17H27NO4/c1-2-3-4-5-6-7-8-9-12-22-16-13-14(17(20)18-21)10-11-15(16)19/h10-11,13,19,21H,2-9,12H2,1H3,(H,18,20). The van der Waals surface area contributed by atoms with Crippen molar-refractivity contribution >= 4 is 5.91 Å². The Bertz CT molecular complexity index is 448. The lowest BCUT2D eigenvalue weighted by Gasteiger charge is -2.09. The second-order valence-electron chi connectivity index (χ2n) is 5.45. The summed E-state index contributed by atoms with van der Waals surface area (Å²) in [5, 5.41) is 18.3. The number of rotatable bonds is 11. The number of unbranched alkanes of at least 4 members (excludes halogenated alkanes) is 7. The fourth-order valence-electron chi connectivity index (χ4n) is 2.25. The van der Waals surface area contributed by atoms with Gasteiger partial charge in [-0.25, -0.2) is 5.48 Å². The molecule has 0 saturated heterocycles. The monoisotopic (exact) mass is 309 g/mol. The molecule has 0 aliphatic heterocycles. The van der Waals surface area contributed by atoms with Gasteiger partial charge < -0.3 is 9.84 Å². The highest BCUT2D eigenvalue weighted by atomic mass is 16.5. The summed E-state index contributed by atoms with van der Waals surface area (Å²) in [6.07, 6.45) is 9.69. The normalized spacial score (nSPS) is 10.5. The first-order valence-electron chi connectivity index (χ1n) is 8.09. The Balaban J connectivity index is 2.23. The summed E-state index contributed by atoms with van der Waals surface area (Å²) >= 11 is 0. The number of hydrogen-bond donors (Lipinski definition) is 3. The zero-order chi connectivity index (χ0) is 16.2. The van der Waals surface area contributed by atoms with E-state index in [1.54, 1.807) is 5.48 Å². The Morgan fingerprint density at radius 1 is 1.09 bits per heavy atom. The molecule has 0 radical (unpaired) electrons. The van der Waals surface area contributed by atoms with E-state index >= 15 is 0 Å². The fraction of sp³-hybridized carbons (Fsp3) is 0.588. The maximum Gasteiger partial charge on any atom is 0.274 e. The number of carbonyl (C=O) groups excluding carboxylic acids is 1. The molecule has 0 aromatic heterocycles. The minimum absolute atomic E-state index is 0.00550. The van der Waals surface area contributed by atoms with E-state index in [-0.39, 0.29) is 17.1 Å². The van der Waals surface area contributed by atoms with Gasteiger partial charge in [0.1, 0.15) is 0 Å². The summed E-state index contributed by atoms with van der Waals surface area (Å²) in [5.41, 5.74) is 1.80. The largest absolute Gasteiger partial charge is 0.504 e. The van der Waals surface area contributed by atoms with E-state index in [0.717, 1.165) is 12.8 Å². The topological polar surface area (TPSA) is 78.8 Å². The Morgan fingerprint density at radius 3 is 2.36 bits per heavy atom. The van der Waals surface area contributed by atoms with Crippen LogP contribution in [0.1, 0.15) is 68.6 Å². The van der Waals surface area contributed by atoms with Gasteiger partial charge in [-0.2, -0.15) is 0 Å². The van der Waals surface area contributed by atoms with Crippen LogP contribution >= 0.6 is 0 Å². The molecule has 5 nitrogen and oxygen atoms in total. The lowest BCUT2D eigenvalue weighted by atomic mass is 10.1. The molecule has 22 heavy (non-hydrogen) atoms. The van der Waals surface area contributed by atoms with Crippen LogP contribution in [0.25, 0.3) is 0 Å². The third-order valence-electron chi connectivity index (χ3n) is 3.58. The molecule has 1 rings (SSSR count). The molecule has 1 amide bonds. The molecule has 0 unspecified atom stereocenters. The highest BCUT2D eigenvalue weighted by molar-refractivity contribution is 5.94. The fourth-order valence-corrected chi connectivity index (χ4v) is 2.25. The lowest BCUT2D eigenvalue weighted by Crippen LogP contribution is -2.18. The van der Waals surface area contributed by atoms with Crippen molar-refractivity contribution in [3.63, 3.8) is 0 Å². The van der Waals surface area contributed by atoms with Crippen LogP contribution in [-0.4, -0.2) is 22.8 Å². The zero-order valence-electron chi connectivity index (χ0n) is 13.3. The van der Waals surface area contributed by atoms with Gasteiger partial charge in [0.2, 0.25) is 0 Å². The van der Waals surface area contributed by atoms with Crippen molar-refractivity contribution in [2.75, 3.05) is 6.61 Å². The van der Waals surface area contributed by atoms with Crippen LogP contribution in [-0.2, 0) is 0 Å². The minimum Gasteiger partial charge on any atom is -0.504 e. The number of ether oxygens (including phenoxy) is 1. The predicted molar refractivity (Wildman–Crippen MR) is 85.5 cm³/mol. The lowest BCUT2D eigenvalue weighted by molar-refractivity contribution is 0.0706. The molecule has 0 spiro atoms. The molecule has 0 atom stereocenters. The number of hydroxylamine groups is 1. The number of hydrogen-bond acceptors (Lipinski definition) is 4. The molecule has 0 aliphatic carbocycles. The number of benzene rings is 1. The molecular weight excluding hydrogens is 282 g/mol. The highest BCUT2D eigenvalue weighted by Gasteiger charge is 2.09. The first kappa shape index (κ1) is 18.3. The van der Waals surface area contributed by atoms with E-state index in [1.165, 1.54) is 56.7 Å². The minimum atomic E-state index is -0.628. The van der Waals surface area contributed by atoms with E-state index in [2.05, 4.69) is 6.92 Å². The molecule has 0 aliphatic rings. The van der Waals surface area contributed by atoms with Crippen LogP contribution in [0.3, 0.4) is 0 Å². The molecule has 3 N–H and O–H groups in total. The van der Waals surface area contributed by atoms with E-state index in [4.69, 9.17) is 9.94 Å². The van der Waals surface area contributed by atoms with Crippen LogP contribution in [0.2, 0.25) is 0 Å². The first-order chi connectivity index (χ1) is 10.7. The molecule has 124 valence electrons. The molecule has 0 fully saturated rings. The summed E-state index contributed by atoms with van der Waals surface area (Å²) in [4.78, 5) is 11.3. The zero-order valence-corrected chi connectivity index (χ0v) is 13.3. The number of carbonyl (C=O) groups is 1. The Morgan fingerprint density at radius 2 is 1.73 bits per heavy atom. The predicted octanol–water partition coefficient (Wildman–Crippen LogP) is 4.03. The second-order valence-corrected chi connectivity index (χ2v) is 5.45. The number of aromatic hydroxyl groups is 1. The average Bonchev–Trinajstić information content (AvgIpc) is 2.54. The van der Waals surface area contributed by atoms with Crippen LogP contribution in [0, 0.1) is 0 Å². The summed E-state index contributed by atoms with van der Waals surface area (Å²) in [5.74, 6) is -0.366. The van der Waals surface area contributed by atoms with Crippen molar-refractivity contribution in [2.45, 2.75) is 58.3 Å². The summed E-state index contributed by atoms with van der Waals surface area (Å²) in [6.45, 7) is 2.72. The number of nitrogens with one attached hydrogen (secondary N) is 1. The van der Waals surface area contributed by atoms with Gasteiger partial charge >= 0.3 is 0 Å². The van der Waals surface area contributed by atoms with Crippen LogP contribution < -0.4 is 10.2 Å². The highest BCUT2D eigenvalue weighted by Crippen LogP contribution is 2.27. The summed E-state index contributed by atoms with van der Waals surface area (Å²) in [7, 11) is 0. The third kappa shape index (κ3) is 6.80. The molecular formula is C17H27NO4. The third-order valence-corrected chi connectivity index (χ3v) is 3.58. The van der Waals surface area contributed by atoms with Gasteiger partial charge in [0.25, 0.3) is 5.91 Å². The Labute approximate surface area is 132 Å². The molecule has 5 heteroatoms. The number of phenols is 1. The SMILES string of the molecule is CCCCCCCCCCOc1cc(C(=O)NO)ccc1O. The van der Waals surface area contributed by atoms with E-state index in [9.17, 15) is 9.90 Å². The van der Waals surface area contributed by atoms with E-state index in [0.29, 0.717) is 6.61 Å². The van der Waals surface area contributed by atoms with Gasteiger partial charge in [0.05, 0.1) is 6.61 Å². The molecule has 1 aromatic rings. The van der Waals surface area contributed by atoms with Crippen LogP contribution in [0.15, 0.2) is 18.2 Å². The van der Waals surface area contributed by atoms with Gasteiger partial charge in [0, 0.05) is 5.56 Å². The van der Waals surface area contributed by atoms with Crippen molar-refractivity contribution < 1.29 is 19.8 Å². The van der Waals surface area contributed by atoms with E-state index in [1.807, 2.05) is 0 Å². The Hall–Kier alpha value is -1.75. The molecule has 0 saturated carbocycles. The molecule has 0 bridgehead atoms. The van der Waals surface area contributed by atoms with Crippen LogP contribution in [0.4, 0.5) is 0 Å². The average molecular weight is 309 g/mol. The van der Waals surface area contributed by atoms with Crippen molar-refractivity contribution in [1.82, 2.24) is 5.48 Å². The maximum absolute atomic E-state index is 11.3. The number of amides is 1. The Kier molecular flexibility index (Phi) is 9.07. The van der Waals surface area contributed by atoms with Gasteiger partial charge in [-0.15, -0.1) is 0 Å². The quantitative estimate of drug-likeness (QED) is 0.327. The van der Waals surface area contributed by atoms with Crippen molar-refractivity contribution in [2.24, 2.45) is 0 Å². The van der Waals surface area contributed by atoms with Crippen molar-refractivity contribution in [1.29, 1.82) is 0 Å². The van der Waals surface area contributed by atoms with Crippen LogP contribution in [0.5, 0.6) is 11.5 Å². The van der Waals surface area contributed by atoms with E-state index < -0.39 is 5.91 Å². The smallest absolute Gasteiger partial charge is 0.274 e.